The predicted molar refractivity (Wildman–Crippen MR) is 44.0 cm³/mol. The van der Waals surface area contributed by atoms with E-state index in [9.17, 15) is 4.79 Å². The Bertz CT molecular complexity index is 186. The van der Waals surface area contributed by atoms with Gasteiger partial charge in [-0.15, -0.1) is 0 Å². The Morgan fingerprint density at radius 1 is 1.17 bits per heavy atom. The molecule has 0 aliphatic heterocycles. The minimum absolute atomic E-state index is 0.306. The molecule has 66 valence electrons. The lowest BCUT2D eigenvalue weighted by atomic mass is 10.5. The number of urea groups is 1. The molecule has 12 heavy (non-hydrogen) atoms. The molecule has 0 aromatic carbocycles. The van der Waals surface area contributed by atoms with E-state index in [2.05, 4.69) is 22.4 Å². The molecule has 6 nitrogen and oxygen atoms in total. The summed E-state index contributed by atoms with van der Waals surface area (Å²) in [5, 5.41) is 0.306. The van der Waals surface area contributed by atoms with Gasteiger partial charge in [0.25, 0.3) is 0 Å². The Morgan fingerprint density at radius 2 is 1.58 bits per heavy atom. The van der Waals surface area contributed by atoms with Crippen molar-refractivity contribution in [1.82, 2.24) is 10.1 Å². The van der Waals surface area contributed by atoms with Crippen molar-refractivity contribution in [3.05, 3.63) is 30.6 Å². The molecule has 0 saturated heterocycles. The topological polar surface area (TPSA) is 111 Å². The summed E-state index contributed by atoms with van der Waals surface area (Å²) in [5.41, 5.74) is 4.47. The summed E-state index contributed by atoms with van der Waals surface area (Å²) in [7, 11) is 0. The van der Waals surface area contributed by atoms with Crippen molar-refractivity contribution in [1.29, 1.82) is 0 Å². The summed E-state index contributed by atoms with van der Waals surface area (Å²) >= 11 is 0. The number of hydrogen-bond acceptors (Lipinski definition) is 4. The van der Waals surface area contributed by atoms with Gasteiger partial charge in [0.15, 0.2) is 0 Å². The zero-order chi connectivity index (χ0) is 9.40. The number of hydrogen-bond donors (Lipinski definition) is 3. The molecule has 1 heterocycles. The highest BCUT2D eigenvalue weighted by molar-refractivity contribution is 5.70. The molecule has 0 atom stereocenters. The molecule has 0 aliphatic carbocycles. The quantitative estimate of drug-likeness (QED) is 0.268. The number of nitrogens with two attached hydrogens (primary N) is 3. The van der Waals surface area contributed by atoms with E-state index < -0.39 is 6.03 Å². The third-order valence-electron chi connectivity index (χ3n) is 0.821. The SMILES string of the molecule is NC(=O)N(N)N.c1ccncc1. The van der Waals surface area contributed by atoms with Gasteiger partial charge in [-0.05, 0) is 12.1 Å². The van der Waals surface area contributed by atoms with Gasteiger partial charge in [0.2, 0.25) is 0 Å². The summed E-state index contributed by atoms with van der Waals surface area (Å²) in [4.78, 5) is 13.4. The van der Waals surface area contributed by atoms with Crippen LogP contribution in [0.1, 0.15) is 0 Å². The fourth-order valence-corrected chi connectivity index (χ4v) is 0.313. The summed E-state index contributed by atoms with van der Waals surface area (Å²) < 4.78 is 0. The van der Waals surface area contributed by atoms with Crippen LogP contribution >= 0.6 is 0 Å². The lowest BCUT2D eigenvalue weighted by Crippen LogP contribution is -2.46. The molecule has 6 heteroatoms. The summed E-state index contributed by atoms with van der Waals surface area (Å²) in [6.45, 7) is 0. The maximum atomic E-state index is 9.60. The lowest BCUT2D eigenvalue weighted by molar-refractivity contribution is 0.210. The van der Waals surface area contributed by atoms with Gasteiger partial charge in [-0.3, -0.25) is 4.98 Å². The highest BCUT2D eigenvalue weighted by atomic mass is 16.2. The number of aromatic nitrogens is 1. The maximum Gasteiger partial charge on any atom is 0.343 e. The van der Waals surface area contributed by atoms with Crippen LogP contribution in [-0.4, -0.2) is 16.1 Å². The van der Waals surface area contributed by atoms with Gasteiger partial charge in [0.1, 0.15) is 0 Å². The van der Waals surface area contributed by atoms with Crippen molar-refractivity contribution in [3.8, 4) is 0 Å². The van der Waals surface area contributed by atoms with Crippen molar-refractivity contribution >= 4 is 6.03 Å². The minimum atomic E-state index is -0.852. The predicted octanol–water partition coefficient (Wildman–Crippen LogP) is -0.804. The molecule has 6 N–H and O–H groups in total. The Hall–Kier alpha value is -1.66. The molecule has 0 bridgehead atoms. The summed E-state index contributed by atoms with van der Waals surface area (Å²) in [6, 6.07) is 4.86. The first-order valence-corrected chi connectivity index (χ1v) is 3.08. The number of amides is 2. The highest BCUT2D eigenvalue weighted by Crippen LogP contribution is 1.73. The first-order chi connectivity index (χ1) is 5.64. The molecule has 0 spiro atoms. The van der Waals surface area contributed by atoms with Crippen LogP contribution in [0.2, 0.25) is 0 Å². The second-order valence-electron chi connectivity index (χ2n) is 1.77. The van der Waals surface area contributed by atoms with Crippen molar-refractivity contribution in [2.75, 3.05) is 0 Å². The van der Waals surface area contributed by atoms with Crippen LogP contribution in [0.5, 0.6) is 0 Å². The molecule has 1 rings (SSSR count). The second kappa shape index (κ2) is 6.08. The number of nitrogens with zero attached hydrogens (tertiary/aromatic N) is 2. The number of primary amides is 1. The van der Waals surface area contributed by atoms with Gasteiger partial charge in [-0.1, -0.05) is 6.07 Å². The third-order valence-corrected chi connectivity index (χ3v) is 0.821. The second-order valence-corrected chi connectivity index (χ2v) is 1.77. The summed E-state index contributed by atoms with van der Waals surface area (Å²) in [6.07, 6.45) is 3.50. The Balaban J connectivity index is 0.000000202. The zero-order valence-electron chi connectivity index (χ0n) is 6.42. The van der Waals surface area contributed by atoms with Crippen LogP contribution in [0, 0.1) is 0 Å². The first kappa shape index (κ1) is 10.3. The van der Waals surface area contributed by atoms with Crippen LogP contribution in [-0.2, 0) is 0 Å². The molecule has 0 aliphatic rings. The van der Waals surface area contributed by atoms with Crippen molar-refractivity contribution < 1.29 is 4.79 Å². The number of pyridine rings is 1. The van der Waals surface area contributed by atoms with Gasteiger partial charge < -0.3 is 5.73 Å². The van der Waals surface area contributed by atoms with E-state index in [1.54, 1.807) is 12.4 Å². The van der Waals surface area contributed by atoms with E-state index >= 15 is 0 Å². The Kier molecular flexibility index (Phi) is 5.24. The van der Waals surface area contributed by atoms with Crippen molar-refractivity contribution in [2.24, 2.45) is 17.4 Å². The molecular formula is C6H11N5O. The number of carbonyl (C=O) groups is 1. The average Bonchev–Trinajstić information content (AvgIpc) is 2.08. The van der Waals surface area contributed by atoms with Crippen LogP contribution in [0.25, 0.3) is 0 Å². The third kappa shape index (κ3) is 6.46. The fourth-order valence-electron chi connectivity index (χ4n) is 0.313. The van der Waals surface area contributed by atoms with E-state index in [0.717, 1.165) is 0 Å². The van der Waals surface area contributed by atoms with Gasteiger partial charge >= 0.3 is 6.03 Å². The molecular weight excluding hydrogens is 158 g/mol. The lowest BCUT2D eigenvalue weighted by Gasteiger charge is -2.00. The van der Waals surface area contributed by atoms with Crippen molar-refractivity contribution in [2.45, 2.75) is 0 Å². The maximum absolute atomic E-state index is 9.60. The molecule has 0 unspecified atom stereocenters. The largest absolute Gasteiger partial charge is 0.349 e. The van der Waals surface area contributed by atoms with Crippen LogP contribution in [0.15, 0.2) is 30.6 Å². The fraction of sp³-hybridized carbons (Fsp3) is 0. The Morgan fingerprint density at radius 3 is 1.67 bits per heavy atom. The number of rotatable bonds is 0. The molecule has 0 fully saturated rings. The van der Waals surface area contributed by atoms with E-state index in [1.807, 2.05) is 18.2 Å². The molecule has 1 aromatic rings. The van der Waals surface area contributed by atoms with Crippen LogP contribution in [0.3, 0.4) is 0 Å². The number of hydrazine groups is 2. The minimum Gasteiger partial charge on any atom is -0.349 e. The molecule has 0 radical (unpaired) electrons. The average molecular weight is 169 g/mol. The monoisotopic (exact) mass is 169 g/mol. The van der Waals surface area contributed by atoms with Crippen LogP contribution in [0.4, 0.5) is 4.79 Å². The normalized spacial score (nSPS) is 7.83. The highest BCUT2D eigenvalue weighted by Gasteiger charge is 1.90. The van der Waals surface area contributed by atoms with Gasteiger partial charge in [0.05, 0.1) is 0 Å². The summed E-state index contributed by atoms with van der Waals surface area (Å²) in [5.74, 6) is 9.14. The van der Waals surface area contributed by atoms with E-state index in [4.69, 9.17) is 0 Å². The van der Waals surface area contributed by atoms with Crippen molar-refractivity contribution in [3.63, 3.8) is 0 Å². The van der Waals surface area contributed by atoms with Crippen LogP contribution < -0.4 is 17.4 Å². The van der Waals surface area contributed by atoms with Gasteiger partial charge in [0, 0.05) is 12.4 Å². The standard InChI is InChI=1S/C5H5N.CH6N4O/c1-2-4-6-5-3-1;2-1(6)5(3)4/h1-5H;3-4H2,(H2,2,6). The molecule has 1 aromatic heterocycles. The molecule has 2 amide bonds. The zero-order valence-corrected chi connectivity index (χ0v) is 6.42. The first-order valence-electron chi connectivity index (χ1n) is 3.08. The van der Waals surface area contributed by atoms with E-state index in [0.29, 0.717) is 5.12 Å². The van der Waals surface area contributed by atoms with E-state index in [1.165, 1.54) is 0 Å². The molecule has 0 saturated carbocycles. The van der Waals surface area contributed by atoms with E-state index in [-0.39, 0.29) is 0 Å². The number of carbonyl (C=O) groups excluding carboxylic acids is 1. The smallest absolute Gasteiger partial charge is 0.343 e. The van der Waals surface area contributed by atoms with Gasteiger partial charge in [-0.2, -0.15) is 5.12 Å². The van der Waals surface area contributed by atoms with Gasteiger partial charge in [-0.25, -0.2) is 16.5 Å². The Labute approximate surface area is 69.9 Å².